The molecule has 1 atom stereocenters. The van der Waals surface area contributed by atoms with Crippen molar-refractivity contribution in [1.82, 2.24) is 0 Å². The van der Waals surface area contributed by atoms with E-state index < -0.39 is 16.1 Å². The van der Waals surface area contributed by atoms with Gasteiger partial charge in [-0.1, -0.05) is 18.2 Å². The molecule has 2 aromatic carbocycles. The highest BCUT2D eigenvalue weighted by molar-refractivity contribution is 7.92. The number of carbonyl (C=O) groups is 1. The van der Waals surface area contributed by atoms with Crippen molar-refractivity contribution in [3.8, 4) is 5.75 Å². The summed E-state index contributed by atoms with van der Waals surface area (Å²) in [6.07, 6.45) is 0.459. The van der Waals surface area contributed by atoms with Gasteiger partial charge in [0.1, 0.15) is 5.75 Å². The highest BCUT2D eigenvalue weighted by atomic mass is 32.2. The van der Waals surface area contributed by atoms with E-state index in [4.69, 9.17) is 4.74 Å². The average molecular weight is 362 g/mol. The molecule has 0 aromatic heterocycles. The van der Waals surface area contributed by atoms with Crippen LogP contribution in [0.25, 0.3) is 0 Å². The van der Waals surface area contributed by atoms with Crippen LogP contribution in [0.5, 0.6) is 5.75 Å². The minimum atomic E-state index is -3.32. The van der Waals surface area contributed by atoms with Gasteiger partial charge in [-0.3, -0.25) is 9.10 Å². The van der Waals surface area contributed by atoms with E-state index in [2.05, 4.69) is 0 Å². The maximum absolute atomic E-state index is 12.5. The number of anilines is 2. The number of hydrogen-bond donors (Lipinski definition) is 0. The van der Waals surface area contributed by atoms with Crippen molar-refractivity contribution in [2.24, 2.45) is 0 Å². The number of carbonyl (C=O) groups excluding carboxylic acids is 1. The summed E-state index contributed by atoms with van der Waals surface area (Å²) in [6.45, 7) is 1.68. The van der Waals surface area contributed by atoms with Crippen LogP contribution in [0.15, 0.2) is 54.6 Å². The Hall–Kier alpha value is -2.54. The molecule has 6 nitrogen and oxygen atoms in total. The lowest BCUT2D eigenvalue weighted by atomic mass is 10.2. The normalized spacial score (nSPS) is 12.3. The minimum absolute atomic E-state index is 0.177. The molecule has 0 unspecified atom stereocenters. The largest absolute Gasteiger partial charge is 0.481 e. The first-order chi connectivity index (χ1) is 11.7. The Kier molecular flexibility index (Phi) is 5.69. The van der Waals surface area contributed by atoms with Crippen molar-refractivity contribution >= 4 is 27.3 Å². The van der Waals surface area contributed by atoms with E-state index in [0.29, 0.717) is 11.4 Å². The number of ether oxygens (including phenoxy) is 1. The maximum Gasteiger partial charge on any atom is 0.267 e. The van der Waals surface area contributed by atoms with Crippen LogP contribution in [0.2, 0.25) is 0 Å². The quantitative estimate of drug-likeness (QED) is 0.792. The first kappa shape index (κ1) is 18.8. The first-order valence-corrected chi connectivity index (χ1v) is 9.58. The van der Waals surface area contributed by atoms with Crippen molar-refractivity contribution in [2.75, 3.05) is 29.6 Å². The molecule has 2 aromatic rings. The summed E-state index contributed by atoms with van der Waals surface area (Å²) in [5.41, 5.74) is 1.31. The van der Waals surface area contributed by atoms with Gasteiger partial charge in [-0.2, -0.15) is 0 Å². The van der Waals surface area contributed by atoms with Crippen molar-refractivity contribution in [1.29, 1.82) is 0 Å². The number of nitrogens with zero attached hydrogens (tertiary/aromatic N) is 2. The van der Waals surface area contributed by atoms with Gasteiger partial charge in [0.25, 0.3) is 5.91 Å². The maximum atomic E-state index is 12.5. The highest BCUT2D eigenvalue weighted by Gasteiger charge is 2.20. The van der Waals surface area contributed by atoms with E-state index in [1.807, 2.05) is 30.3 Å². The Morgan fingerprint density at radius 1 is 0.960 bits per heavy atom. The molecule has 0 spiro atoms. The Bertz CT molecular complexity index is 820. The van der Waals surface area contributed by atoms with Crippen molar-refractivity contribution < 1.29 is 17.9 Å². The number of hydrogen-bond acceptors (Lipinski definition) is 4. The lowest BCUT2D eigenvalue weighted by molar-refractivity contribution is -0.124. The van der Waals surface area contributed by atoms with Crippen LogP contribution in [0.4, 0.5) is 11.4 Å². The molecule has 7 heteroatoms. The SMILES string of the molecule is C[C@H](Oc1ccc(N(C)S(C)(=O)=O)cc1)C(=O)N(C)c1ccccc1. The Labute approximate surface area is 148 Å². The van der Waals surface area contributed by atoms with Gasteiger partial charge >= 0.3 is 0 Å². The first-order valence-electron chi connectivity index (χ1n) is 7.73. The van der Waals surface area contributed by atoms with Crippen LogP contribution in [0, 0.1) is 0 Å². The zero-order valence-corrected chi connectivity index (χ0v) is 15.5. The lowest BCUT2D eigenvalue weighted by Gasteiger charge is -2.22. The third-order valence-corrected chi connectivity index (χ3v) is 5.04. The topological polar surface area (TPSA) is 66.9 Å². The smallest absolute Gasteiger partial charge is 0.267 e. The number of sulfonamides is 1. The van der Waals surface area contributed by atoms with Crippen molar-refractivity contribution in [2.45, 2.75) is 13.0 Å². The van der Waals surface area contributed by atoms with E-state index in [9.17, 15) is 13.2 Å². The number of para-hydroxylation sites is 1. The predicted molar refractivity (Wildman–Crippen MR) is 99.6 cm³/mol. The number of likely N-dealkylation sites (N-methyl/N-ethyl adjacent to an activating group) is 1. The van der Waals surface area contributed by atoms with Gasteiger partial charge in [0.2, 0.25) is 10.0 Å². The van der Waals surface area contributed by atoms with Crippen LogP contribution in [-0.4, -0.2) is 40.8 Å². The molecule has 0 N–H and O–H groups in total. The number of amides is 1. The second-order valence-corrected chi connectivity index (χ2v) is 7.73. The van der Waals surface area contributed by atoms with Crippen molar-refractivity contribution in [3.05, 3.63) is 54.6 Å². The highest BCUT2D eigenvalue weighted by Crippen LogP contribution is 2.22. The molecule has 0 heterocycles. The molecule has 134 valence electrons. The minimum Gasteiger partial charge on any atom is -0.481 e. The van der Waals surface area contributed by atoms with Gasteiger partial charge in [0, 0.05) is 19.8 Å². The number of benzene rings is 2. The summed E-state index contributed by atoms with van der Waals surface area (Å²) >= 11 is 0. The van der Waals surface area contributed by atoms with Gasteiger partial charge in [0.15, 0.2) is 6.10 Å². The summed E-state index contributed by atoms with van der Waals surface area (Å²) < 4.78 is 29.9. The fourth-order valence-electron chi connectivity index (χ4n) is 2.23. The molecule has 0 aliphatic carbocycles. The van der Waals surface area contributed by atoms with Crippen LogP contribution in [-0.2, 0) is 14.8 Å². The molecule has 25 heavy (non-hydrogen) atoms. The molecular weight excluding hydrogens is 340 g/mol. The lowest BCUT2D eigenvalue weighted by Crippen LogP contribution is -2.38. The molecule has 0 saturated carbocycles. The molecule has 0 radical (unpaired) electrons. The molecule has 2 rings (SSSR count). The monoisotopic (exact) mass is 362 g/mol. The fourth-order valence-corrected chi connectivity index (χ4v) is 2.74. The molecule has 0 saturated heterocycles. The fraction of sp³-hybridized carbons (Fsp3) is 0.278. The van der Waals surface area contributed by atoms with Crippen LogP contribution < -0.4 is 13.9 Å². The van der Waals surface area contributed by atoms with Crippen LogP contribution in [0.1, 0.15) is 6.92 Å². The van der Waals surface area contributed by atoms with Gasteiger partial charge < -0.3 is 9.64 Å². The number of rotatable bonds is 6. The van der Waals surface area contributed by atoms with Crippen LogP contribution in [0.3, 0.4) is 0 Å². The molecular formula is C18H22N2O4S. The van der Waals surface area contributed by atoms with Crippen LogP contribution >= 0.6 is 0 Å². The zero-order valence-electron chi connectivity index (χ0n) is 14.7. The standard InChI is InChI=1S/C18H22N2O4S/c1-14(18(21)19(2)15-8-6-5-7-9-15)24-17-12-10-16(11-13-17)20(3)25(4,22)23/h5-14H,1-4H3/t14-/m0/s1. The summed E-state index contributed by atoms with van der Waals surface area (Å²) in [7, 11) is -0.141. The molecule has 0 aliphatic rings. The van der Waals surface area contributed by atoms with Gasteiger partial charge in [-0.15, -0.1) is 0 Å². The molecule has 0 fully saturated rings. The predicted octanol–water partition coefficient (Wildman–Crippen LogP) is 2.51. The summed E-state index contributed by atoms with van der Waals surface area (Å²) in [4.78, 5) is 14.0. The Morgan fingerprint density at radius 2 is 1.52 bits per heavy atom. The molecule has 0 bridgehead atoms. The van der Waals surface area contributed by atoms with E-state index in [1.54, 1.807) is 38.2 Å². The van der Waals surface area contributed by atoms with E-state index in [1.165, 1.54) is 16.3 Å². The molecule has 1 amide bonds. The Morgan fingerprint density at radius 3 is 2.04 bits per heavy atom. The summed E-state index contributed by atoms with van der Waals surface area (Å²) in [5, 5.41) is 0. The Balaban J connectivity index is 2.05. The van der Waals surface area contributed by atoms with Crippen molar-refractivity contribution in [3.63, 3.8) is 0 Å². The van der Waals surface area contributed by atoms with E-state index in [0.717, 1.165) is 11.9 Å². The van der Waals surface area contributed by atoms with Gasteiger partial charge in [0.05, 0.1) is 11.9 Å². The third-order valence-electron chi connectivity index (χ3n) is 3.83. The third kappa shape index (κ3) is 4.73. The van der Waals surface area contributed by atoms with E-state index in [-0.39, 0.29) is 5.91 Å². The zero-order chi connectivity index (χ0) is 18.6. The molecule has 0 aliphatic heterocycles. The second kappa shape index (κ2) is 7.57. The second-order valence-electron chi connectivity index (χ2n) is 5.72. The average Bonchev–Trinajstić information content (AvgIpc) is 2.60. The van der Waals surface area contributed by atoms with Gasteiger partial charge in [-0.25, -0.2) is 8.42 Å². The summed E-state index contributed by atoms with van der Waals surface area (Å²) in [6, 6.07) is 15.9. The summed E-state index contributed by atoms with van der Waals surface area (Å²) in [5.74, 6) is 0.316. The van der Waals surface area contributed by atoms with E-state index >= 15 is 0 Å². The van der Waals surface area contributed by atoms with Gasteiger partial charge in [-0.05, 0) is 43.3 Å².